The number of anilines is 1. The van der Waals surface area contributed by atoms with E-state index in [1.165, 1.54) is 11.9 Å². The second-order valence-corrected chi connectivity index (χ2v) is 4.89. The zero-order valence-electron chi connectivity index (χ0n) is 9.61. The predicted octanol–water partition coefficient (Wildman–Crippen LogP) is 3.04. The van der Waals surface area contributed by atoms with Crippen molar-refractivity contribution in [2.24, 2.45) is 0 Å². The minimum Gasteiger partial charge on any atom is -0.481 e. The zero-order valence-corrected chi connectivity index (χ0v) is 12.0. The summed E-state index contributed by atoms with van der Waals surface area (Å²) in [7, 11) is 1.53. The van der Waals surface area contributed by atoms with Crippen LogP contribution in [-0.4, -0.2) is 35.6 Å². The Bertz CT molecular complexity index is 468. The Kier molecular flexibility index (Phi) is 5.43. The first-order valence-corrected chi connectivity index (χ1v) is 6.26. The van der Waals surface area contributed by atoms with Gasteiger partial charge in [-0.1, -0.05) is 11.6 Å². The van der Waals surface area contributed by atoms with Crippen LogP contribution in [0.1, 0.15) is 6.42 Å². The third-order valence-corrected chi connectivity index (χ3v) is 3.41. The quantitative estimate of drug-likeness (QED) is 0.888. The van der Waals surface area contributed by atoms with Crippen molar-refractivity contribution in [1.29, 1.82) is 0 Å². The van der Waals surface area contributed by atoms with E-state index in [0.29, 0.717) is 10.7 Å². The molecule has 0 aliphatic heterocycles. The Balaban J connectivity index is 2.58. The van der Waals surface area contributed by atoms with Crippen LogP contribution in [0, 0.1) is 0 Å². The molecule has 0 spiro atoms. The van der Waals surface area contributed by atoms with Gasteiger partial charge in [0.25, 0.3) is 0 Å². The number of carboxylic acids is 1. The van der Waals surface area contributed by atoms with Gasteiger partial charge in [-0.2, -0.15) is 0 Å². The van der Waals surface area contributed by atoms with E-state index in [1.807, 2.05) is 0 Å². The molecule has 1 aromatic carbocycles. The van der Waals surface area contributed by atoms with Gasteiger partial charge in [0.1, 0.15) is 0 Å². The van der Waals surface area contributed by atoms with Crippen molar-refractivity contribution >= 4 is 45.2 Å². The van der Waals surface area contributed by atoms with Gasteiger partial charge >= 0.3 is 12.0 Å². The van der Waals surface area contributed by atoms with E-state index in [4.69, 9.17) is 16.7 Å². The lowest BCUT2D eigenvalue weighted by molar-refractivity contribution is -0.137. The molecule has 1 aromatic rings. The molecule has 0 atom stereocenters. The fourth-order valence-corrected chi connectivity index (χ4v) is 1.58. The SMILES string of the molecule is CN(CCC(=O)O)C(=O)Nc1ccc(Br)c(Cl)c1. The van der Waals surface area contributed by atoms with Crippen molar-refractivity contribution in [2.45, 2.75) is 6.42 Å². The lowest BCUT2D eigenvalue weighted by atomic mass is 10.3. The number of rotatable bonds is 4. The highest BCUT2D eigenvalue weighted by molar-refractivity contribution is 9.10. The van der Waals surface area contributed by atoms with Crippen molar-refractivity contribution < 1.29 is 14.7 Å². The summed E-state index contributed by atoms with van der Waals surface area (Å²) in [6.45, 7) is 0.144. The Morgan fingerprint density at radius 1 is 1.50 bits per heavy atom. The van der Waals surface area contributed by atoms with E-state index in [0.717, 1.165) is 4.47 Å². The van der Waals surface area contributed by atoms with E-state index in [-0.39, 0.29) is 19.0 Å². The monoisotopic (exact) mass is 334 g/mol. The summed E-state index contributed by atoms with van der Waals surface area (Å²) in [5.74, 6) is -0.943. The van der Waals surface area contributed by atoms with Crippen LogP contribution >= 0.6 is 27.5 Å². The molecule has 1 rings (SSSR count). The smallest absolute Gasteiger partial charge is 0.321 e. The Labute approximate surface area is 118 Å². The normalized spacial score (nSPS) is 9.94. The minimum absolute atomic E-state index is 0.0922. The van der Waals surface area contributed by atoms with E-state index < -0.39 is 5.97 Å². The largest absolute Gasteiger partial charge is 0.481 e. The third-order valence-electron chi connectivity index (χ3n) is 2.18. The zero-order chi connectivity index (χ0) is 13.7. The highest BCUT2D eigenvalue weighted by Crippen LogP contribution is 2.25. The van der Waals surface area contributed by atoms with Crippen LogP contribution < -0.4 is 5.32 Å². The Morgan fingerprint density at radius 3 is 2.72 bits per heavy atom. The number of hydrogen-bond acceptors (Lipinski definition) is 2. The van der Waals surface area contributed by atoms with E-state index in [1.54, 1.807) is 18.2 Å². The molecule has 0 bridgehead atoms. The van der Waals surface area contributed by atoms with Crippen LogP contribution in [0.2, 0.25) is 5.02 Å². The number of aliphatic carboxylic acids is 1. The van der Waals surface area contributed by atoms with Crippen LogP contribution in [0.4, 0.5) is 10.5 Å². The number of nitrogens with zero attached hydrogens (tertiary/aromatic N) is 1. The first-order valence-electron chi connectivity index (χ1n) is 5.09. The molecule has 0 saturated carbocycles. The fourth-order valence-electron chi connectivity index (χ4n) is 1.16. The number of amides is 2. The van der Waals surface area contributed by atoms with Crippen LogP contribution in [0.3, 0.4) is 0 Å². The van der Waals surface area contributed by atoms with E-state index in [2.05, 4.69) is 21.2 Å². The molecule has 7 heteroatoms. The molecular weight excluding hydrogens is 323 g/mol. The Hall–Kier alpha value is -1.27. The average molecular weight is 336 g/mol. The van der Waals surface area contributed by atoms with Gasteiger partial charge in [0.05, 0.1) is 11.4 Å². The highest BCUT2D eigenvalue weighted by Gasteiger charge is 2.10. The summed E-state index contributed by atoms with van der Waals surface area (Å²) in [6, 6.07) is 4.64. The van der Waals surface area contributed by atoms with Crippen molar-refractivity contribution in [3.63, 3.8) is 0 Å². The molecule has 0 aliphatic rings. The van der Waals surface area contributed by atoms with Gasteiger partial charge < -0.3 is 15.3 Å². The summed E-state index contributed by atoms with van der Waals surface area (Å²) in [5, 5.41) is 11.6. The molecule has 2 N–H and O–H groups in total. The first-order chi connectivity index (χ1) is 8.40. The second kappa shape index (κ2) is 6.61. The van der Waals surface area contributed by atoms with Gasteiger partial charge in [0.15, 0.2) is 0 Å². The maximum absolute atomic E-state index is 11.7. The molecule has 0 fully saturated rings. The molecule has 0 aliphatic carbocycles. The molecule has 5 nitrogen and oxygen atoms in total. The topological polar surface area (TPSA) is 69.6 Å². The summed E-state index contributed by atoms with van der Waals surface area (Å²) >= 11 is 9.14. The fraction of sp³-hybridized carbons (Fsp3) is 0.273. The number of carbonyl (C=O) groups excluding carboxylic acids is 1. The van der Waals surface area contributed by atoms with Crippen molar-refractivity contribution in [3.05, 3.63) is 27.7 Å². The summed E-state index contributed by atoms with van der Waals surface area (Å²) in [5.41, 5.74) is 0.551. The molecule has 0 saturated heterocycles. The van der Waals surface area contributed by atoms with Crippen LogP contribution in [0.25, 0.3) is 0 Å². The predicted molar refractivity (Wildman–Crippen MR) is 73.1 cm³/mol. The van der Waals surface area contributed by atoms with Crippen molar-refractivity contribution in [2.75, 3.05) is 18.9 Å². The number of hydrogen-bond donors (Lipinski definition) is 2. The van der Waals surface area contributed by atoms with Crippen LogP contribution in [0.15, 0.2) is 22.7 Å². The lowest BCUT2D eigenvalue weighted by Crippen LogP contribution is -2.33. The molecule has 0 radical (unpaired) electrons. The Morgan fingerprint density at radius 2 is 2.17 bits per heavy atom. The highest BCUT2D eigenvalue weighted by atomic mass is 79.9. The van der Waals surface area contributed by atoms with Gasteiger partial charge in [-0.05, 0) is 34.1 Å². The minimum atomic E-state index is -0.943. The lowest BCUT2D eigenvalue weighted by Gasteiger charge is -2.17. The van der Waals surface area contributed by atoms with Gasteiger partial charge in [0, 0.05) is 23.8 Å². The third kappa shape index (κ3) is 4.54. The van der Waals surface area contributed by atoms with Crippen LogP contribution in [0.5, 0.6) is 0 Å². The number of carboxylic acid groups (broad SMARTS) is 1. The van der Waals surface area contributed by atoms with Gasteiger partial charge in [0.2, 0.25) is 0 Å². The summed E-state index contributed by atoms with van der Waals surface area (Å²) in [4.78, 5) is 23.4. The van der Waals surface area contributed by atoms with Crippen LogP contribution in [-0.2, 0) is 4.79 Å². The van der Waals surface area contributed by atoms with Gasteiger partial charge in [-0.15, -0.1) is 0 Å². The molecular formula is C11H12BrClN2O3. The van der Waals surface area contributed by atoms with Gasteiger partial charge in [-0.25, -0.2) is 4.79 Å². The number of urea groups is 1. The molecule has 98 valence electrons. The second-order valence-electron chi connectivity index (χ2n) is 3.62. The average Bonchev–Trinajstić information content (AvgIpc) is 2.30. The van der Waals surface area contributed by atoms with Gasteiger partial charge in [-0.3, -0.25) is 4.79 Å². The molecule has 2 amide bonds. The number of benzene rings is 1. The van der Waals surface area contributed by atoms with Crippen molar-refractivity contribution in [1.82, 2.24) is 4.90 Å². The van der Waals surface area contributed by atoms with E-state index >= 15 is 0 Å². The molecule has 0 unspecified atom stereocenters. The van der Waals surface area contributed by atoms with E-state index in [9.17, 15) is 9.59 Å². The molecule has 0 aromatic heterocycles. The van der Waals surface area contributed by atoms with Crippen molar-refractivity contribution in [3.8, 4) is 0 Å². The number of nitrogens with one attached hydrogen (secondary N) is 1. The maximum atomic E-state index is 11.7. The number of carbonyl (C=O) groups is 2. The summed E-state index contributed by atoms with van der Waals surface area (Å²) in [6.07, 6.45) is -0.0922. The maximum Gasteiger partial charge on any atom is 0.321 e. The first kappa shape index (κ1) is 14.8. The molecule has 18 heavy (non-hydrogen) atoms. The summed E-state index contributed by atoms with van der Waals surface area (Å²) < 4.78 is 0.737. The molecule has 0 heterocycles. The standard InChI is InChI=1S/C11H12BrClN2O3/c1-15(5-4-10(16)17)11(18)14-7-2-3-8(12)9(13)6-7/h2-3,6H,4-5H2,1H3,(H,14,18)(H,16,17). The number of halogens is 2.